The summed E-state index contributed by atoms with van der Waals surface area (Å²) in [6.07, 6.45) is -3.00. The van der Waals surface area contributed by atoms with Crippen molar-refractivity contribution >= 4 is 16.5 Å². The van der Waals surface area contributed by atoms with Crippen molar-refractivity contribution in [1.29, 1.82) is 0 Å². The van der Waals surface area contributed by atoms with Crippen molar-refractivity contribution in [3.8, 4) is 10.6 Å². The second kappa shape index (κ2) is 4.27. The lowest BCUT2D eigenvalue weighted by Crippen LogP contribution is -2.09. The van der Waals surface area contributed by atoms with Gasteiger partial charge >= 0.3 is 6.18 Å². The van der Waals surface area contributed by atoms with Crippen LogP contribution in [0.15, 0.2) is 12.3 Å². The smallest absolute Gasteiger partial charge is 0.375 e. The predicted octanol–water partition coefficient (Wildman–Crippen LogP) is 3.19. The number of hydrogen-bond donors (Lipinski definition) is 1. The van der Waals surface area contributed by atoms with Crippen molar-refractivity contribution in [1.82, 2.24) is 14.8 Å². The Kier molecular flexibility index (Phi) is 3.05. The molecule has 0 aliphatic carbocycles. The van der Waals surface area contributed by atoms with E-state index in [1.807, 2.05) is 0 Å². The second-order valence-electron chi connectivity index (χ2n) is 4.01. The van der Waals surface area contributed by atoms with Crippen LogP contribution in [0.4, 0.5) is 18.3 Å². The monoisotopic (exact) mass is 276 g/mol. The van der Waals surface area contributed by atoms with Gasteiger partial charge in [-0.15, -0.1) is 0 Å². The molecule has 0 aromatic carbocycles. The Morgan fingerprint density at radius 3 is 2.50 bits per heavy atom. The summed E-state index contributed by atoms with van der Waals surface area (Å²) < 4.78 is 39.3. The highest BCUT2D eigenvalue weighted by molar-refractivity contribution is 7.18. The van der Waals surface area contributed by atoms with Crippen molar-refractivity contribution in [2.24, 2.45) is 0 Å². The van der Waals surface area contributed by atoms with Crippen LogP contribution in [0, 0.1) is 0 Å². The first kappa shape index (κ1) is 12.9. The fourth-order valence-corrected chi connectivity index (χ4v) is 2.21. The van der Waals surface area contributed by atoms with Crippen LogP contribution in [0.25, 0.3) is 10.6 Å². The quantitative estimate of drug-likeness (QED) is 0.916. The Hall–Kier alpha value is -1.57. The van der Waals surface area contributed by atoms with Gasteiger partial charge in [0.25, 0.3) is 0 Å². The van der Waals surface area contributed by atoms with Gasteiger partial charge in [0, 0.05) is 12.2 Å². The number of aromatic nitrogens is 3. The van der Waals surface area contributed by atoms with Crippen molar-refractivity contribution in [2.45, 2.75) is 26.1 Å². The highest BCUT2D eigenvalue weighted by atomic mass is 32.1. The molecular formula is C10H11F3N4S. The summed E-state index contributed by atoms with van der Waals surface area (Å²) in [5, 5.41) is 3.91. The number of hydrogen-bond acceptors (Lipinski definition) is 4. The van der Waals surface area contributed by atoms with Crippen molar-refractivity contribution < 1.29 is 13.2 Å². The summed E-state index contributed by atoms with van der Waals surface area (Å²) >= 11 is 1.13. The number of alkyl halides is 3. The summed E-state index contributed by atoms with van der Waals surface area (Å²) in [5.41, 5.74) is 4.97. The van der Waals surface area contributed by atoms with E-state index in [0.717, 1.165) is 17.4 Å². The SMILES string of the molecule is CC(C)n1nc(C(F)(F)F)cc1-c1cnc(N)s1. The Morgan fingerprint density at radius 2 is 2.06 bits per heavy atom. The molecule has 0 atom stereocenters. The maximum atomic E-state index is 12.7. The molecule has 0 unspecified atom stereocenters. The first-order valence-electron chi connectivity index (χ1n) is 5.17. The van der Waals surface area contributed by atoms with Crippen molar-refractivity contribution in [3.05, 3.63) is 18.0 Å². The normalized spacial score (nSPS) is 12.3. The maximum Gasteiger partial charge on any atom is 0.435 e. The van der Waals surface area contributed by atoms with Gasteiger partial charge in [0.2, 0.25) is 0 Å². The van der Waals surface area contributed by atoms with Gasteiger partial charge in [-0.05, 0) is 19.9 Å². The Labute approximate surface area is 105 Å². The van der Waals surface area contributed by atoms with Gasteiger partial charge in [0.15, 0.2) is 10.8 Å². The van der Waals surface area contributed by atoms with Crippen LogP contribution in [0.1, 0.15) is 25.6 Å². The zero-order valence-corrected chi connectivity index (χ0v) is 10.5. The highest BCUT2D eigenvalue weighted by Gasteiger charge is 2.35. The van der Waals surface area contributed by atoms with Gasteiger partial charge < -0.3 is 5.73 Å². The molecule has 18 heavy (non-hydrogen) atoms. The van der Waals surface area contributed by atoms with E-state index in [4.69, 9.17) is 5.73 Å². The lowest BCUT2D eigenvalue weighted by molar-refractivity contribution is -0.141. The van der Waals surface area contributed by atoms with E-state index in [9.17, 15) is 13.2 Å². The minimum absolute atomic E-state index is 0.181. The fourth-order valence-electron chi connectivity index (χ4n) is 1.52. The molecule has 0 aliphatic heterocycles. The minimum Gasteiger partial charge on any atom is -0.375 e. The molecule has 0 saturated carbocycles. The topological polar surface area (TPSA) is 56.7 Å². The average Bonchev–Trinajstić information content (AvgIpc) is 2.81. The van der Waals surface area contributed by atoms with Gasteiger partial charge in [0.05, 0.1) is 10.6 Å². The summed E-state index contributed by atoms with van der Waals surface area (Å²) in [6, 6.07) is 0.840. The maximum absolute atomic E-state index is 12.7. The van der Waals surface area contributed by atoms with Crippen LogP contribution >= 0.6 is 11.3 Å². The molecular weight excluding hydrogens is 265 g/mol. The largest absolute Gasteiger partial charge is 0.435 e. The number of anilines is 1. The molecule has 2 N–H and O–H groups in total. The van der Waals surface area contributed by atoms with Gasteiger partial charge in [-0.2, -0.15) is 18.3 Å². The number of rotatable bonds is 2. The van der Waals surface area contributed by atoms with Gasteiger partial charge in [0.1, 0.15) is 0 Å². The molecule has 0 saturated heterocycles. The lowest BCUT2D eigenvalue weighted by Gasteiger charge is -2.09. The molecule has 2 rings (SSSR count). The molecule has 2 aromatic rings. The second-order valence-corrected chi connectivity index (χ2v) is 5.08. The van der Waals surface area contributed by atoms with Crippen LogP contribution in [0.2, 0.25) is 0 Å². The zero-order chi connectivity index (χ0) is 13.5. The van der Waals surface area contributed by atoms with Gasteiger partial charge in [-0.1, -0.05) is 11.3 Å². The molecule has 0 spiro atoms. The van der Waals surface area contributed by atoms with E-state index in [-0.39, 0.29) is 6.04 Å². The summed E-state index contributed by atoms with van der Waals surface area (Å²) in [5.74, 6) is 0. The molecule has 2 aromatic heterocycles. The van der Waals surface area contributed by atoms with Crippen LogP contribution in [-0.2, 0) is 6.18 Å². The molecule has 4 nitrogen and oxygen atoms in total. The number of thiazole rings is 1. The first-order valence-corrected chi connectivity index (χ1v) is 5.99. The number of nitrogens with two attached hydrogens (primary N) is 1. The Morgan fingerprint density at radius 1 is 1.39 bits per heavy atom. The summed E-state index contributed by atoms with van der Waals surface area (Å²) in [6.45, 7) is 3.53. The highest BCUT2D eigenvalue weighted by Crippen LogP contribution is 2.35. The van der Waals surface area contributed by atoms with Crippen molar-refractivity contribution in [2.75, 3.05) is 5.73 Å². The molecule has 0 bridgehead atoms. The third-order valence-corrected chi connectivity index (χ3v) is 3.14. The van der Waals surface area contributed by atoms with E-state index in [2.05, 4.69) is 10.1 Å². The van der Waals surface area contributed by atoms with Crippen LogP contribution in [0.3, 0.4) is 0 Å². The summed E-state index contributed by atoms with van der Waals surface area (Å²) in [7, 11) is 0. The number of nitrogen functional groups attached to an aromatic ring is 1. The molecule has 8 heteroatoms. The van der Waals surface area contributed by atoms with Crippen LogP contribution in [-0.4, -0.2) is 14.8 Å². The fraction of sp³-hybridized carbons (Fsp3) is 0.400. The minimum atomic E-state index is -4.45. The predicted molar refractivity (Wildman–Crippen MR) is 63.1 cm³/mol. The molecule has 0 aliphatic rings. The first-order chi connectivity index (χ1) is 8.29. The van der Waals surface area contributed by atoms with E-state index >= 15 is 0 Å². The standard InChI is InChI=1S/C10H11F3N4S/c1-5(2)17-6(7-4-15-9(14)18-7)3-8(16-17)10(11,12)13/h3-5H,1-2H3,(H2,14,15). The van der Waals surface area contributed by atoms with Gasteiger partial charge in [-0.25, -0.2) is 4.98 Å². The Balaban J connectivity index is 2.55. The van der Waals surface area contributed by atoms with E-state index in [1.165, 1.54) is 10.9 Å². The number of halogens is 3. The molecule has 0 radical (unpaired) electrons. The third-order valence-electron chi connectivity index (χ3n) is 2.29. The van der Waals surface area contributed by atoms with Crippen LogP contribution < -0.4 is 5.73 Å². The zero-order valence-electron chi connectivity index (χ0n) is 9.69. The Bertz CT molecular complexity index is 556. The molecule has 98 valence electrons. The average molecular weight is 276 g/mol. The van der Waals surface area contributed by atoms with E-state index in [0.29, 0.717) is 15.7 Å². The third kappa shape index (κ3) is 2.33. The lowest BCUT2D eigenvalue weighted by atomic mass is 10.3. The molecule has 0 amide bonds. The molecule has 0 fully saturated rings. The van der Waals surface area contributed by atoms with E-state index in [1.54, 1.807) is 13.8 Å². The van der Waals surface area contributed by atoms with Crippen molar-refractivity contribution in [3.63, 3.8) is 0 Å². The molecule has 2 heterocycles. The summed E-state index contributed by atoms with van der Waals surface area (Å²) in [4.78, 5) is 4.41. The van der Waals surface area contributed by atoms with Gasteiger partial charge in [-0.3, -0.25) is 4.68 Å². The van der Waals surface area contributed by atoms with Crippen LogP contribution in [0.5, 0.6) is 0 Å². The van der Waals surface area contributed by atoms with E-state index < -0.39 is 11.9 Å². The number of nitrogens with zero attached hydrogens (tertiary/aromatic N) is 3.